The molecule has 0 aromatic carbocycles. The number of nitrogens with two attached hydrogens (primary N) is 1. The van der Waals surface area contributed by atoms with Gasteiger partial charge in [0.25, 0.3) is 0 Å². The van der Waals surface area contributed by atoms with E-state index in [0.717, 1.165) is 22.8 Å². The van der Waals surface area contributed by atoms with Crippen LogP contribution in [0.15, 0.2) is 24.5 Å². The van der Waals surface area contributed by atoms with Crippen LogP contribution in [0.25, 0.3) is 5.65 Å². The fourth-order valence-electron chi connectivity index (χ4n) is 1.28. The van der Waals surface area contributed by atoms with Crippen LogP contribution in [0.3, 0.4) is 0 Å². The van der Waals surface area contributed by atoms with Crippen molar-refractivity contribution in [2.24, 2.45) is 0 Å². The highest BCUT2D eigenvalue weighted by Gasteiger charge is 1.99. The lowest BCUT2D eigenvalue weighted by molar-refractivity contribution is 1.19. The number of hydrogen-bond acceptors (Lipinski definition) is 3. The standard InChI is InChI=1S/C9H11N3S/c1-13-6-8-5-12-4-7(10)2-3-9(12)11-8/h2-5H,6,10H2,1H3. The average Bonchev–Trinajstić information content (AvgIpc) is 2.46. The second-order valence-electron chi connectivity index (χ2n) is 2.89. The molecule has 0 spiro atoms. The van der Waals surface area contributed by atoms with Crippen molar-refractivity contribution < 1.29 is 0 Å². The summed E-state index contributed by atoms with van der Waals surface area (Å²) in [4.78, 5) is 4.43. The Morgan fingerprint density at radius 2 is 2.31 bits per heavy atom. The van der Waals surface area contributed by atoms with Gasteiger partial charge in [0.1, 0.15) is 5.65 Å². The molecule has 0 radical (unpaired) electrons. The molecule has 2 aromatic rings. The monoisotopic (exact) mass is 193 g/mol. The summed E-state index contributed by atoms with van der Waals surface area (Å²) in [5, 5.41) is 0. The Morgan fingerprint density at radius 1 is 1.46 bits per heavy atom. The number of aromatic nitrogens is 2. The average molecular weight is 193 g/mol. The van der Waals surface area contributed by atoms with E-state index < -0.39 is 0 Å². The van der Waals surface area contributed by atoms with Crippen molar-refractivity contribution in [3.05, 3.63) is 30.2 Å². The van der Waals surface area contributed by atoms with Gasteiger partial charge in [-0.3, -0.25) is 0 Å². The molecule has 0 fully saturated rings. The molecule has 0 aliphatic heterocycles. The maximum Gasteiger partial charge on any atom is 0.137 e. The fraction of sp³-hybridized carbons (Fsp3) is 0.222. The Bertz CT molecular complexity index is 422. The van der Waals surface area contributed by atoms with Crippen LogP contribution in [0.1, 0.15) is 5.69 Å². The van der Waals surface area contributed by atoms with E-state index in [1.54, 1.807) is 11.8 Å². The SMILES string of the molecule is CSCc1cn2cc(N)ccc2n1. The molecule has 2 heterocycles. The summed E-state index contributed by atoms with van der Waals surface area (Å²) in [6.45, 7) is 0. The molecule has 2 N–H and O–H groups in total. The van der Waals surface area contributed by atoms with Crippen LogP contribution in [0.2, 0.25) is 0 Å². The summed E-state index contributed by atoms with van der Waals surface area (Å²) in [5.74, 6) is 0.946. The number of imidazole rings is 1. The fourth-order valence-corrected chi connectivity index (χ4v) is 1.71. The van der Waals surface area contributed by atoms with Gasteiger partial charge < -0.3 is 10.1 Å². The first-order chi connectivity index (χ1) is 6.29. The van der Waals surface area contributed by atoms with Crippen LogP contribution < -0.4 is 5.73 Å². The number of pyridine rings is 1. The van der Waals surface area contributed by atoms with Crippen LogP contribution in [0.4, 0.5) is 5.69 Å². The molecule has 13 heavy (non-hydrogen) atoms. The van der Waals surface area contributed by atoms with E-state index in [-0.39, 0.29) is 0 Å². The second kappa shape index (κ2) is 3.30. The zero-order valence-electron chi connectivity index (χ0n) is 7.40. The van der Waals surface area contributed by atoms with E-state index in [4.69, 9.17) is 5.73 Å². The highest BCUT2D eigenvalue weighted by molar-refractivity contribution is 7.97. The Morgan fingerprint density at radius 3 is 3.08 bits per heavy atom. The quantitative estimate of drug-likeness (QED) is 0.790. The predicted molar refractivity (Wildman–Crippen MR) is 56.8 cm³/mol. The van der Waals surface area contributed by atoms with Gasteiger partial charge in [-0.15, -0.1) is 0 Å². The van der Waals surface area contributed by atoms with Crippen molar-refractivity contribution in [3.63, 3.8) is 0 Å². The normalized spacial score (nSPS) is 10.8. The third-order valence-electron chi connectivity index (χ3n) is 1.82. The smallest absolute Gasteiger partial charge is 0.137 e. The van der Waals surface area contributed by atoms with Crippen LogP contribution >= 0.6 is 11.8 Å². The lowest BCUT2D eigenvalue weighted by atomic mass is 10.4. The third-order valence-corrected chi connectivity index (χ3v) is 2.40. The zero-order valence-corrected chi connectivity index (χ0v) is 8.21. The summed E-state index contributed by atoms with van der Waals surface area (Å²) in [6, 6.07) is 3.80. The molecule has 68 valence electrons. The minimum atomic E-state index is 0.764. The van der Waals surface area contributed by atoms with E-state index >= 15 is 0 Å². The highest BCUT2D eigenvalue weighted by atomic mass is 32.2. The number of thioether (sulfide) groups is 1. The molecule has 0 saturated heterocycles. The molecule has 4 heteroatoms. The number of nitrogens with zero attached hydrogens (tertiary/aromatic N) is 2. The molecule has 0 bridgehead atoms. The van der Waals surface area contributed by atoms with Gasteiger partial charge >= 0.3 is 0 Å². The topological polar surface area (TPSA) is 43.3 Å². The van der Waals surface area contributed by atoms with Crippen LogP contribution in [0, 0.1) is 0 Å². The molecule has 0 atom stereocenters. The lowest BCUT2D eigenvalue weighted by Crippen LogP contribution is -1.88. The van der Waals surface area contributed by atoms with E-state index in [1.165, 1.54) is 0 Å². The Balaban J connectivity index is 2.49. The molecular weight excluding hydrogens is 182 g/mol. The minimum Gasteiger partial charge on any atom is -0.398 e. The first-order valence-corrected chi connectivity index (χ1v) is 5.41. The minimum absolute atomic E-state index is 0.764. The summed E-state index contributed by atoms with van der Waals surface area (Å²) < 4.78 is 1.96. The molecule has 0 aliphatic rings. The van der Waals surface area contributed by atoms with Gasteiger partial charge in [-0.2, -0.15) is 11.8 Å². The van der Waals surface area contributed by atoms with Crippen molar-refractivity contribution in [1.29, 1.82) is 0 Å². The van der Waals surface area contributed by atoms with Gasteiger partial charge in [0.15, 0.2) is 0 Å². The predicted octanol–water partition coefficient (Wildman–Crippen LogP) is 1.78. The lowest BCUT2D eigenvalue weighted by Gasteiger charge is -1.93. The van der Waals surface area contributed by atoms with Gasteiger partial charge in [-0.25, -0.2) is 4.98 Å². The van der Waals surface area contributed by atoms with Gasteiger partial charge in [0.2, 0.25) is 0 Å². The number of hydrogen-bond donors (Lipinski definition) is 1. The summed E-state index contributed by atoms with van der Waals surface area (Å²) in [6.07, 6.45) is 5.97. The Hall–Kier alpha value is -1.16. The first-order valence-electron chi connectivity index (χ1n) is 4.01. The summed E-state index contributed by atoms with van der Waals surface area (Å²) >= 11 is 1.77. The van der Waals surface area contributed by atoms with Crippen molar-refractivity contribution in [2.45, 2.75) is 5.75 Å². The van der Waals surface area contributed by atoms with E-state index in [2.05, 4.69) is 11.2 Å². The van der Waals surface area contributed by atoms with E-state index in [1.807, 2.05) is 28.9 Å². The van der Waals surface area contributed by atoms with E-state index in [9.17, 15) is 0 Å². The number of rotatable bonds is 2. The molecule has 3 nitrogen and oxygen atoms in total. The van der Waals surface area contributed by atoms with Gasteiger partial charge in [0.05, 0.1) is 5.69 Å². The summed E-state index contributed by atoms with van der Waals surface area (Å²) in [7, 11) is 0. The maximum absolute atomic E-state index is 5.65. The Kier molecular flexibility index (Phi) is 2.14. The highest BCUT2D eigenvalue weighted by Crippen LogP contribution is 2.12. The van der Waals surface area contributed by atoms with Crippen LogP contribution in [-0.2, 0) is 5.75 Å². The third kappa shape index (κ3) is 1.62. The maximum atomic E-state index is 5.65. The second-order valence-corrected chi connectivity index (χ2v) is 3.76. The molecule has 0 amide bonds. The van der Waals surface area contributed by atoms with Gasteiger partial charge in [-0.1, -0.05) is 0 Å². The van der Waals surface area contributed by atoms with Crippen molar-refractivity contribution in [2.75, 3.05) is 12.0 Å². The molecule has 0 aliphatic carbocycles. The van der Waals surface area contributed by atoms with Crippen LogP contribution in [0.5, 0.6) is 0 Å². The Labute approximate surface area is 81.0 Å². The van der Waals surface area contributed by atoms with E-state index in [0.29, 0.717) is 0 Å². The van der Waals surface area contributed by atoms with Gasteiger partial charge in [0, 0.05) is 23.8 Å². The molecule has 0 unspecified atom stereocenters. The van der Waals surface area contributed by atoms with Crippen LogP contribution in [-0.4, -0.2) is 15.6 Å². The number of nitrogen functional groups attached to an aromatic ring is 1. The first kappa shape index (κ1) is 8.44. The number of fused-ring (bicyclic) bond motifs is 1. The summed E-state index contributed by atoms with van der Waals surface area (Å²) in [5.41, 5.74) is 8.47. The molecule has 0 saturated carbocycles. The zero-order chi connectivity index (χ0) is 9.26. The van der Waals surface area contributed by atoms with Crippen molar-refractivity contribution in [1.82, 2.24) is 9.38 Å². The largest absolute Gasteiger partial charge is 0.398 e. The molecule has 2 aromatic heterocycles. The number of anilines is 1. The van der Waals surface area contributed by atoms with Crippen molar-refractivity contribution in [3.8, 4) is 0 Å². The molecular formula is C9H11N3S. The molecule has 2 rings (SSSR count). The van der Waals surface area contributed by atoms with Crippen molar-refractivity contribution >= 4 is 23.1 Å². The van der Waals surface area contributed by atoms with Gasteiger partial charge in [-0.05, 0) is 18.4 Å².